The third-order valence-electron chi connectivity index (χ3n) is 5.06. The lowest BCUT2D eigenvalue weighted by Gasteiger charge is -2.40. The van der Waals surface area contributed by atoms with Crippen LogP contribution in [0, 0.1) is 5.92 Å². The fourth-order valence-electron chi connectivity index (χ4n) is 4.18. The zero-order chi connectivity index (χ0) is 12.5. The molecule has 2 aliphatic rings. The van der Waals surface area contributed by atoms with Crippen molar-refractivity contribution in [3.05, 3.63) is 0 Å². The highest BCUT2D eigenvalue weighted by Crippen LogP contribution is 2.48. The number of nitrogens with zero attached hydrogens (tertiary/aromatic N) is 1. The molecule has 0 aromatic carbocycles. The van der Waals surface area contributed by atoms with Gasteiger partial charge < -0.3 is 5.32 Å². The minimum atomic E-state index is 0.335. The summed E-state index contributed by atoms with van der Waals surface area (Å²) in [6.45, 7) is 2.84. The van der Waals surface area contributed by atoms with Crippen molar-refractivity contribution in [1.29, 1.82) is 0 Å². The zero-order valence-corrected chi connectivity index (χ0v) is 11.5. The first-order valence-corrected chi connectivity index (χ1v) is 6.97. The first kappa shape index (κ1) is 13.0. The van der Waals surface area contributed by atoms with Crippen molar-refractivity contribution in [2.45, 2.75) is 57.0 Å². The van der Waals surface area contributed by atoms with E-state index < -0.39 is 0 Å². The molecule has 1 saturated heterocycles. The van der Waals surface area contributed by atoms with Crippen LogP contribution in [-0.2, 0) is 4.79 Å². The van der Waals surface area contributed by atoms with Crippen LogP contribution >= 0.6 is 0 Å². The fourth-order valence-corrected chi connectivity index (χ4v) is 4.18. The predicted octanol–water partition coefficient (Wildman–Crippen LogP) is 1.82. The Morgan fingerprint density at radius 3 is 2.82 bits per heavy atom. The van der Waals surface area contributed by atoms with Crippen LogP contribution in [0.2, 0.25) is 0 Å². The molecular formula is C14H26N2O. The van der Waals surface area contributed by atoms with Crippen LogP contribution in [0.4, 0.5) is 0 Å². The van der Waals surface area contributed by atoms with Crippen LogP contribution < -0.4 is 5.32 Å². The molecule has 0 radical (unpaired) electrons. The monoisotopic (exact) mass is 238 g/mol. The second kappa shape index (κ2) is 5.07. The molecule has 0 aromatic heterocycles. The number of likely N-dealkylation sites (tertiary alicyclic amines) is 1. The first-order chi connectivity index (χ1) is 8.10. The van der Waals surface area contributed by atoms with Gasteiger partial charge in [0.05, 0.1) is 0 Å². The summed E-state index contributed by atoms with van der Waals surface area (Å²) >= 11 is 0. The number of hydrogen-bond acceptors (Lipinski definition) is 3. The Morgan fingerprint density at radius 1 is 1.41 bits per heavy atom. The summed E-state index contributed by atoms with van der Waals surface area (Å²) in [5, 5.41) is 3.34. The number of Topliss-reactive ketones (excluding diaryl/α,β-unsaturated/α-hetero) is 1. The van der Waals surface area contributed by atoms with Gasteiger partial charge in [0.1, 0.15) is 5.78 Å². The Morgan fingerprint density at radius 2 is 2.18 bits per heavy atom. The maximum absolute atomic E-state index is 11.3. The lowest BCUT2D eigenvalue weighted by atomic mass is 9.84. The molecule has 2 rings (SSSR count). The third kappa shape index (κ3) is 2.27. The number of hydrogen-bond donors (Lipinski definition) is 1. The van der Waals surface area contributed by atoms with Crippen LogP contribution in [0.1, 0.15) is 45.4 Å². The van der Waals surface area contributed by atoms with Crippen molar-refractivity contribution in [2.24, 2.45) is 5.92 Å². The van der Waals surface area contributed by atoms with E-state index >= 15 is 0 Å². The van der Waals surface area contributed by atoms with Gasteiger partial charge in [-0.15, -0.1) is 0 Å². The Labute approximate surface area is 105 Å². The maximum atomic E-state index is 11.3. The van der Waals surface area contributed by atoms with Gasteiger partial charge in [-0.2, -0.15) is 0 Å². The van der Waals surface area contributed by atoms with E-state index in [1.54, 1.807) is 6.92 Å². The van der Waals surface area contributed by atoms with Crippen LogP contribution in [-0.4, -0.2) is 42.9 Å². The number of nitrogens with one attached hydrogen (secondary N) is 1. The topological polar surface area (TPSA) is 32.3 Å². The van der Waals surface area contributed by atoms with Crippen molar-refractivity contribution in [1.82, 2.24) is 10.2 Å². The lowest BCUT2D eigenvalue weighted by Crippen LogP contribution is -2.50. The minimum Gasteiger partial charge on any atom is -0.319 e. The second-order valence-corrected chi connectivity index (χ2v) is 5.96. The summed E-state index contributed by atoms with van der Waals surface area (Å²) in [4.78, 5) is 13.9. The van der Waals surface area contributed by atoms with Gasteiger partial charge in [-0.05, 0) is 59.2 Å². The molecule has 3 heteroatoms. The lowest BCUT2D eigenvalue weighted by molar-refractivity contribution is -0.118. The Hall–Kier alpha value is -0.410. The minimum absolute atomic E-state index is 0.335. The van der Waals surface area contributed by atoms with Gasteiger partial charge in [-0.1, -0.05) is 6.42 Å². The smallest absolute Gasteiger partial charge is 0.131 e. The van der Waals surface area contributed by atoms with Crippen molar-refractivity contribution in [2.75, 3.05) is 20.6 Å². The molecule has 1 heterocycles. The zero-order valence-electron chi connectivity index (χ0n) is 11.5. The van der Waals surface area contributed by atoms with E-state index in [-0.39, 0.29) is 0 Å². The Kier molecular flexibility index (Phi) is 3.88. The predicted molar refractivity (Wildman–Crippen MR) is 70.1 cm³/mol. The molecule has 1 saturated carbocycles. The molecule has 17 heavy (non-hydrogen) atoms. The molecule has 3 atom stereocenters. The molecular weight excluding hydrogens is 212 g/mol. The van der Waals surface area contributed by atoms with Crippen molar-refractivity contribution < 1.29 is 4.79 Å². The normalized spacial score (nSPS) is 38.1. The van der Waals surface area contributed by atoms with Gasteiger partial charge in [0, 0.05) is 18.0 Å². The van der Waals surface area contributed by atoms with Crippen molar-refractivity contribution in [3.8, 4) is 0 Å². The van der Waals surface area contributed by atoms with Gasteiger partial charge in [-0.3, -0.25) is 9.69 Å². The van der Waals surface area contributed by atoms with Crippen LogP contribution in [0.3, 0.4) is 0 Å². The molecule has 3 nitrogen and oxygen atoms in total. The molecule has 1 aliphatic carbocycles. The van der Waals surface area contributed by atoms with Gasteiger partial charge in [0.15, 0.2) is 0 Å². The SMILES string of the molecule is CNC[C@@H]1CCCC12CCC(CC(C)=O)N2C. The number of carbonyl (C=O) groups is 1. The first-order valence-electron chi connectivity index (χ1n) is 6.97. The molecule has 0 aromatic rings. The van der Waals surface area contributed by atoms with E-state index in [1.807, 2.05) is 7.05 Å². The molecule has 98 valence electrons. The number of ketones is 1. The quantitative estimate of drug-likeness (QED) is 0.811. The van der Waals surface area contributed by atoms with Gasteiger partial charge >= 0.3 is 0 Å². The summed E-state index contributed by atoms with van der Waals surface area (Å²) in [7, 11) is 4.29. The third-order valence-corrected chi connectivity index (χ3v) is 5.06. The van der Waals surface area contributed by atoms with E-state index in [0.717, 1.165) is 18.9 Å². The summed E-state index contributed by atoms with van der Waals surface area (Å²) < 4.78 is 0. The Balaban J connectivity index is 2.08. The molecule has 0 bridgehead atoms. The molecule has 1 N–H and O–H groups in total. The Bertz CT molecular complexity index is 292. The van der Waals surface area contributed by atoms with Crippen LogP contribution in [0.5, 0.6) is 0 Å². The average molecular weight is 238 g/mol. The largest absolute Gasteiger partial charge is 0.319 e. The van der Waals surface area contributed by atoms with Crippen LogP contribution in [0.25, 0.3) is 0 Å². The molecule has 2 unspecified atom stereocenters. The second-order valence-electron chi connectivity index (χ2n) is 5.96. The molecule has 1 spiro atoms. The highest BCUT2D eigenvalue weighted by atomic mass is 16.1. The molecule has 1 aliphatic heterocycles. The van der Waals surface area contributed by atoms with Crippen molar-refractivity contribution >= 4 is 5.78 Å². The van der Waals surface area contributed by atoms with Gasteiger partial charge in [0.25, 0.3) is 0 Å². The molecule has 0 amide bonds. The van der Waals surface area contributed by atoms with Crippen molar-refractivity contribution in [3.63, 3.8) is 0 Å². The highest BCUT2D eigenvalue weighted by molar-refractivity contribution is 5.76. The van der Waals surface area contributed by atoms with Crippen LogP contribution in [0.15, 0.2) is 0 Å². The molecule has 2 fully saturated rings. The highest BCUT2D eigenvalue weighted by Gasteiger charge is 2.51. The standard InChI is InChI=1S/C14H26N2O/c1-11(17)9-13-6-8-14(16(13)3)7-4-5-12(14)10-15-2/h12-13,15H,4-10H2,1-3H3/t12-,13?,14?/m0/s1. The van der Waals surface area contributed by atoms with E-state index in [9.17, 15) is 4.79 Å². The van der Waals surface area contributed by atoms with E-state index in [0.29, 0.717) is 17.4 Å². The summed E-state index contributed by atoms with van der Waals surface area (Å²) in [5.74, 6) is 1.11. The van der Waals surface area contributed by atoms with Gasteiger partial charge in [-0.25, -0.2) is 0 Å². The van der Waals surface area contributed by atoms with Gasteiger partial charge in [0.2, 0.25) is 0 Å². The van der Waals surface area contributed by atoms with E-state index in [1.165, 1.54) is 32.1 Å². The number of rotatable bonds is 4. The summed E-state index contributed by atoms with van der Waals surface area (Å²) in [5.41, 5.74) is 0.392. The number of carbonyl (C=O) groups excluding carboxylic acids is 1. The summed E-state index contributed by atoms with van der Waals surface area (Å²) in [6.07, 6.45) is 7.25. The van der Waals surface area contributed by atoms with E-state index in [4.69, 9.17) is 0 Å². The average Bonchev–Trinajstić information content (AvgIpc) is 2.80. The van der Waals surface area contributed by atoms with E-state index in [2.05, 4.69) is 17.3 Å². The fraction of sp³-hybridized carbons (Fsp3) is 0.929. The maximum Gasteiger partial charge on any atom is 0.131 e. The summed E-state index contributed by atoms with van der Waals surface area (Å²) in [6, 6.07) is 0.491.